The van der Waals surface area contributed by atoms with E-state index in [2.05, 4.69) is 21.5 Å². The van der Waals surface area contributed by atoms with Crippen LogP contribution in [0.2, 0.25) is 5.02 Å². The van der Waals surface area contributed by atoms with Crippen molar-refractivity contribution in [1.82, 2.24) is 9.71 Å². The molecule has 0 radical (unpaired) electrons. The van der Waals surface area contributed by atoms with Gasteiger partial charge in [0.2, 0.25) is 10.0 Å². The topological polar surface area (TPSA) is 68.3 Å². The number of rotatable bonds is 5. The minimum Gasteiger partial charge on any atom is -0.479 e. The van der Waals surface area contributed by atoms with E-state index in [-0.39, 0.29) is 23.1 Å². The normalized spacial score (nSPS) is 10.7. The van der Waals surface area contributed by atoms with Gasteiger partial charge in [-0.1, -0.05) is 23.4 Å². The van der Waals surface area contributed by atoms with Crippen molar-refractivity contribution in [2.24, 2.45) is 0 Å². The molecule has 0 fully saturated rings. The van der Waals surface area contributed by atoms with E-state index < -0.39 is 15.8 Å². The zero-order chi connectivity index (χ0) is 16.7. The first-order valence-corrected chi connectivity index (χ1v) is 8.28. The Morgan fingerprint density at radius 3 is 2.83 bits per heavy atom. The van der Waals surface area contributed by atoms with Crippen LogP contribution in [0.4, 0.5) is 4.39 Å². The highest BCUT2D eigenvalue weighted by Crippen LogP contribution is 2.19. The lowest BCUT2D eigenvalue weighted by molar-refractivity contribution is 0.368. The van der Waals surface area contributed by atoms with Crippen LogP contribution in [0.5, 0.6) is 5.75 Å². The molecule has 2 rings (SSSR count). The van der Waals surface area contributed by atoms with Crippen molar-refractivity contribution >= 4 is 21.6 Å². The lowest BCUT2D eigenvalue weighted by Crippen LogP contribution is -2.24. The maximum Gasteiger partial charge on any atom is 0.241 e. The molecule has 0 aliphatic carbocycles. The number of sulfonamides is 1. The van der Waals surface area contributed by atoms with E-state index in [1.54, 1.807) is 24.5 Å². The number of ether oxygens (including phenoxy) is 1. The van der Waals surface area contributed by atoms with Crippen molar-refractivity contribution in [3.8, 4) is 17.6 Å². The van der Waals surface area contributed by atoms with Gasteiger partial charge in [0.25, 0.3) is 0 Å². The number of hydrogen-bond donors (Lipinski definition) is 1. The van der Waals surface area contributed by atoms with Gasteiger partial charge in [-0.05, 0) is 30.3 Å². The Kier molecular flexibility index (Phi) is 5.93. The average Bonchev–Trinajstić information content (AvgIpc) is 2.54. The van der Waals surface area contributed by atoms with Gasteiger partial charge in [-0.2, -0.15) is 4.72 Å². The van der Waals surface area contributed by atoms with E-state index in [1.165, 1.54) is 0 Å². The molecule has 0 saturated heterocycles. The summed E-state index contributed by atoms with van der Waals surface area (Å²) in [6.07, 6.45) is 3.16. The second-order valence-corrected chi connectivity index (χ2v) is 6.41. The Bertz CT molecular complexity index is 833. The molecular formula is C15H12ClFN2O3S. The first-order chi connectivity index (χ1) is 11.0. The van der Waals surface area contributed by atoms with Gasteiger partial charge in [-0.3, -0.25) is 4.98 Å². The zero-order valence-electron chi connectivity index (χ0n) is 11.8. The van der Waals surface area contributed by atoms with Gasteiger partial charge < -0.3 is 4.74 Å². The predicted octanol–water partition coefficient (Wildman–Crippen LogP) is 2.23. The maximum atomic E-state index is 13.0. The van der Waals surface area contributed by atoms with Gasteiger partial charge in [0.05, 0.1) is 22.7 Å². The number of hydrogen-bond acceptors (Lipinski definition) is 4. The molecule has 1 heterocycles. The summed E-state index contributed by atoms with van der Waals surface area (Å²) >= 11 is 5.56. The molecule has 0 saturated carbocycles. The molecule has 0 atom stereocenters. The van der Waals surface area contributed by atoms with Crippen LogP contribution in [0.25, 0.3) is 0 Å². The Morgan fingerprint density at radius 1 is 1.30 bits per heavy atom. The third-order valence-electron chi connectivity index (χ3n) is 2.62. The van der Waals surface area contributed by atoms with Crippen LogP contribution < -0.4 is 9.46 Å². The molecule has 120 valence electrons. The van der Waals surface area contributed by atoms with Crippen LogP contribution in [-0.4, -0.2) is 26.6 Å². The summed E-state index contributed by atoms with van der Waals surface area (Å²) in [5, 5.41) is -0.260. The van der Waals surface area contributed by atoms with E-state index in [4.69, 9.17) is 16.3 Å². The number of aromatic nitrogens is 1. The number of nitrogens with zero attached hydrogens (tertiary/aromatic N) is 1. The Balaban J connectivity index is 1.85. The molecule has 0 amide bonds. The van der Waals surface area contributed by atoms with Crippen LogP contribution in [0, 0.1) is 17.7 Å². The lowest BCUT2D eigenvalue weighted by Gasteiger charge is -2.04. The SMILES string of the molecule is O=S(=O)(NCC#CCOc1cccnc1)c1ccc(F)c(Cl)c1. The summed E-state index contributed by atoms with van der Waals surface area (Å²) in [6.45, 7) is 0.00350. The fourth-order valence-corrected chi connectivity index (χ4v) is 2.72. The highest BCUT2D eigenvalue weighted by atomic mass is 35.5. The number of benzene rings is 1. The van der Waals surface area contributed by atoms with Crippen molar-refractivity contribution in [3.05, 3.63) is 53.6 Å². The summed E-state index contributed by atoms with van der Waals surface area (Å²) in [7, 11) is -3.79. The molecule has 5 nitrogen and oxygen atoms in total. The Morgan fingerprint density at radius 2 is 2.13 bits per heavy atom. The maximum absolute atomic E-state index is 13.0. The highest BCUT2D eigenvalue weighted by molar-refractivity contribution is 7.89. The lowest BCUT2D eigenvalue weighted by atomic mass is 10.3. The second kappa shape index (κ2) is 7.92. The smallest absolute Gasteiger partial charge is 0.241 e. The summed E-state index contributed by atoms with van der Waals surface area (Å²) < 4.78 is 44.5. The fraction of sp³-hybridized carbons (Fsp3) is 0.133. The summed E-state index contributed by atoms with van der Waals surface area (Å²) in [6, 6.07) is 6.62. The fourth-order valence-electron chi connectivity index (χ4n) is 1.52. The van der Waals surface area contributed by atoms with Gasteiger partial charge >= 0.3 is 0 Å². The summed E-state index contributed by atoms with van der Waals surface area (Å²) in [5.41, 5.74) is 0. The van der Waals surface area contributed by atoms with Gasteiger partial charge in [0.15, 0.2) is 0 Å². The van der Waals surface area contributed by atoms with Crippen molar-refractivity contribution in [2.75, 3.05) is 13.2 Å². The molecule has 8 heteroatoms. The molecule has 23 heavy (non-hydrogen) atoms. The van der Waals surface area contributed by atoms with Gasteiger partial charge in [0.1, 0.15) is 18.2 Å². The van der Waals surface area contributed by atoms with Gasteiger partial charge in [-0.25, -0.2) is 12.8 Å². The third kappa shape index (κ3) is 5.21. The van der Waals surface area contributed by atoms with Crippen molar-refractivity contribution < 1.29 is 17.5 Å². The molecule has 0 bridgehead atoms. The average molecular weight is 355 g/mol. The quantitative estimate of drug-likeness (QED) is 0.836. The van der Waals surface area contributed by atoms with Gasteiger partial charge in [0, 0.05) is 6.20 Å². The Labute approximate surface area is 138 Å². The molecule has 1 aromatic heterocycles. The van der Waals surface area contributed by atoms with Crippen LogP contribution in [0.15, 0.2) is 47.6 Å². The highest BCUT2D eigenvalue weighted by Gasteiger charge is 2.14. The van der Waals surface area contributed by atoms with Gasteiger partial charge in [-0.15, -0.1) is 0 Å². The molecular weight excluding hydrogens is 343 g/mol. The zero-order valence-corrected chi connectivity index (χ0v) is 13.4. The molecule has 0 aliphatic heterocycles. The van der Waals surface area contributed by atoms with Crippen LogP contribution in [-0.2, 0) is 10.0 Å². The molecule has 2 aromatic rings. The molecule has 0 unspecified atom stereocenters. The van der Waals surface area contributed by atoms with E-state index in [1.807, 2.05) is 0 Å². The monoisotopic (exact) mass is 354 g/mol. The molecule has 1 aromatic carbocycles. The van der Waals surface area contributed by atoms with Crippen LogP contribution in [0.1, 0.15) is 0 Å². The van der Waals surface area contributed by atoms with E-state index >= 15 is 0 Å². The number of halogens is 2. The van der Waals surface area contributed by atoms with Crippen LogP contribution >= 0.6 is 11.6 Å². The van der Waals surface area contributed by atoms with Crippen molar-refractivity contribution in [2.45, 2.75) is 4.90 Å². The Hall–Kier alpha value is -2.14. The van der Waals surface area contributed by atoms with Crippen LogP contribution in [0.3, 0.4) is 0 Å². The summed E-state index contributed by atoms with van der Waals surface area (Å²) in [4.78, 5) is 3.75. The third-order valence-corrected chi connectivity index (χ3v) is 4.31. The molecule has 0 spiro atoms. The standard InChI is InChI=1S/C15H12ClFN2O3S/c16-14-10-13(5-6-15(14)17)23(20,21)19-8-1-2-9-22-12-4-3-7-18-11-12/h3-7,10-11,19H,8-9H2. The first kappa shape index (κ1) is 17.2. The summed E-state index contributed by atoms with van der Waals surface area (Å²) in [5.74, 6) is 5.17. The number of nitrogens with one attached hydrogen (secondary N) is 1. The van der Waals surface area contributed by atoms with Crippen molar-refractivity contribution in [1.29, 1.82) is 0 Å². The number of pyridine rings is 1. The molecule has 1 N–H and O–H groups in total. The minimum absolute atomic E-state index is 0.103. The predicted molar refractivity (Wildman–Crippen MR) is 84.1 cm³/mol. The first-order valence-electron chi connectivity index (χ1n) is 6.42. The van der Waals surface area contributed by atoms with E-state index in [9.17, 15) is 12.8 Å². The molecule has 0 aliphatic rings. The van der Waals surface area contributed by atoms with Crippen molar-refractivity contribution in [3.63, 3.8) is 0 Å². The van der Waals surface area contributed by atoms with E-state index in [0.29, 0.717) is 5.75 Å². The van der Waals surface area contributed by atoms with E-state index in [0.717, 1.165) is 18.2 Å². The minimum atomic E-state index is -3.79. The largest absolute Gasteiger partial charge is 0.479 e. The second-order valence-electron chi connectivity index (χ2n) is 4.23.